The summed E-state index contributed by atoms with van der Waals surface area (Å²) < 4.78 is 39.0. The molecule has 0 aliphatic carbocycles. The molecule has 3 rings (SSSR count). The molecule has 0 atom stereocenters. The second-order valence-corrected chi connectivity index (χ2v) is 5.65. The predicted molar refractivity (Wildman–Crippen MR) is 93.3 cm³/mol. The summed E-state index contributed by atoms with van der Waals surface area (Å²) in [5, 5.41) is 0. The van der Waals surface area contributed by atoms with Crippen molar-refractivity contribution >= 4 is 5.97 Å². The molecule has 3 aromatic rings. The number of carbonyl (C=O) groups is 1. The third-order valence-corrected chi connectivity index (χ3v) is 3.81. The number of hydrogen-bond acceptors (Lipinski definition) is 3. The number of ether oxygens (including phenoxy) is 2. The first-order valence-electron chi connectivity index (χ1n) is 7.99. The Hall–Kier alpha value is -3.21. The molecule has 0 bridgehead atoms. The molecule has 132 valence electrons. The minimum Gasteiger partial charge on any atom is -0.485 e. The lowest BCUT2D eigenvalue weighted by Gasteiger charge is -2.15. The summed E-state index contributed by atoms with van der Waals surface area (Å²) in [6, 6.07) is 18.1. The van der Waals surface area contributed by atoms with Gasteiger partial charge in [-0.3, -0.25) is 0 Å². The van der Waals surface area contributed by atoms with Crippen LogP contribution in [0.1, 0.15) is 21.5 Å². The van der Waals surface area contributed by atoms with Crippen LogP contribution in [0.5, 0.6) is 11.5 Å². The molecule has 0 aliphatic heterocycles. The summed E-state index contributed by atoms with van der Waals surface area (Å²) in [6.45, 7) is 1.42. The number of esters is 1. The lowest BCUT2D eigenvalue weighted by molar-refractivity contribution is 0.0727. The molecular weight excluding hydrogens is 338 g/mol. The summed E-state index contributed by atoms with van der Waals surface area (Å²) >= 11 is 0. The Morgan fingerprint density at radius 3 is 2.19 bits per heavy atom. The SMILES string of the molecule is Cc1c(F)cc(F)c(OCc2ccccc2)c1C(=O)Oc1ccccc1. The van der Waals surface area contributed by atoms with Crippen LogP contribution < -0.4 is 9.47 Å². The van der Waals surface area contributed by atoms with Crippen LogP contribution in [0.15, 0.2) is 66.7 Å². The third kappa shape index (κ3) is 3.88. The number of halogens is 2. The van der Waals surface area contributed by atoms with Crippen LogP contribution in [0.3, 0.4) is 0 Å². The van der Waals surface area contributed by atoms with Gasteiger partial charge in [-0.15, -0.1) is 0 Å². The van der Waals surface area contributed by atoms with E-state index in [0.29, 0.717) is 6.07 Å². The van der Waals surface area contributed by atoms with Gasteiger partial charge in [-0.25, -0.2) is 13.6 Å². The Balaban J connectivity index is 1.93. The first-order valence-corrected chi connectivity index (χ1v) is 7.99. The smallest absolute Gasteiger partial charge is 0.347 e. The van der Waals surface area contributed by atoms with Crippen molar-refractivity contribution in [1.29, 1.82) is 0 Å². The van der Waals surface area contributed by atoms with Gasteiger partial charge in [-0.2, -0.15) is 0 Å². The second-order valence-electron chi connectivity index (χ2n) is 5.65. The maximum absolute atomic E-state index is 14.3. The highest BCUT2D eigenvalue weighted by molar-refractivity contribution is 5.95. The Kier molecular flexibility index (Phi) is 5.27. The largest absolute Gasteiger partial charge is 0.485 e. The van der Waals surface area contributed by atoms with Gasteiger partial charge >= 0.3 is 5.97 Å². The maximum Gasteiger partial charge on any atom is 0.347 e. The molecule has 0 radical (unpaired) electrons. The number of hydrogen-bond donors (Lipinski definition) is 0. The van der Waals surface area contributed by atoms with Crippen molar-refractivity contribution in [3.63, 3.8) is 0 Å². The van der Waals surface area contributed by atoms with Crippen molar-refractivity contribution in [1.82, 2.24) is 0 Å². The molecule has 0 heterocycles. The third-order valence-electron chi connectivity index (χ3n) is 3.81. The number of carbonyl (C=O) groups excluding carboxylic acids is 1. The van der Waals surface area contributed by atoms with Gasteiger partial charge in [0.05, 0.1) is 0 Å². The molecule has 0 aliphatic rings. The normalized spacial score (nSPS) is 10.4. The topological polar surface area (TPSA) is 35.5 Å². The Bertz CT molecular complexity index is 910. The van der Waals surface area contributed by atoms with Crippen molar-refractivity contribution in [2.75, 3.05) is 0 Å². The molecule has 0 saturated heterocycles. The Morgan fingerprint density at radius 2 is 1.54 bits per heavy atom. The summed E-state index contributed by atoms with van der Waals surface area (Å²) in [4.78, 5) is 12.5. The van der Waals surface area contributed by atoms with E-state index in [9.17, 15) is 13.6 Å². The molecule has 0 unspecified atom stereocenters. The van der Waals surface area contributed by atoms with E-state index in [2.05, 4.69) is 0 Å². The van der Waals surface area contributed by atoms with Crippen LogP contribution in [0.25, 0.3) is 0 Å². The summed E-state index contributed by atoms with van der Waals surface area (Å²) in [7, 11) is 0. The Labute approximate surface area is 149 Å². The van der Waals surface area contributed by atoms with Gasteiger partial charge in [0.15, 0.2) is 11.6 Å². The highest BCUT2D eigenvalue weighted by Gasteiger charge is 2.25. The van der Waals surface area contributed by atoms with Crippen LogP contribution in [0.4, 0.5) is 8.78 Å². The van der Waals surface area contributed by atoms with Gasteiger partial charge < -0.3 is 9.47 Å². The van der Waals surface area contributed by atoms with E-state index in [1.54, 1.807) is 42.5 Å². The van der Waals surface area contributed by atoms with Crippen molar-refractivity contribution in [3.8, 4) is 11.5 Å². The van der Waals surface area contributed by atoms with Gasteiger partial charge in [-0.1, -0.05) is 48.5 Å². The molecule has 0 saturated carbocycles. The minimum absolute atomic E-state index is 0.0320. The van der Waals surface area contributed by atoms with E-state index in [1.807, 2.05) is 18.2 Å². The van der Waals surface area contributed by atoms with E-state index in [4.69, 9.17) is 9.47 Å². The van der Waals surface area contributed by atoms with E-state index in [1.165, 1.54) is 6.92 Å². The molecule has 3 aromatic carbocycles. The average Bonchev–Trinajstić information content (AvgIpc) is 2.65. The number of benzene rings is 3. The summed E-state index contributed by atoms with van der Waals surface area (Å²) in [6.07, 6.45) is 0. The van der Waals surface area contributed by atoms with Crippen molar-refractivity contribution < 1.29 is 23.0 Å². The minimum atomic E-state index is -0.955. The van der Waals surface area contributed by atoms with Crippen molar-refractivity contribution in [3.05, 3.63) is 95.1 Å². The fourth-order valence-corrected chi connectivity index (χ4v) is 2.46. The standard InChI is InChI=1S/C21H16F2O3/c1-14-17(22)12-18(23)20(25-13-15-8-4-2-5-9-15)19(14)21(24)26-16-10-6-3-7-11-16/h2-12H,13H2,1H3. The highest BCUT2D eigenvalue weighted by Crippen LogP contribution is 2.30. The molecule has 3 nitrogen and oxygen atoms in total. The fraction of sp³-hybridized carbons (Fsp3) is 0.0952. The predicted octanol–water partition coefficient (Wildman–Crippen LogP) is 5.07. The number of para-hydroxylation sites is 1. The van der Waals surface area contributed by atoms with Gasteiger partial charge in [0.2, 0.25) is 0 Å². The van der Waals surface area contributed by atoms with Gasteiger partial charge in [0.25, 0.3) is 0 Å². The Morgan fingerprint density at radius 1 is 0.923 bits per heavy atom. The molecule has 26 heavy (non-hydrogen) atoms. The van der Waals surface area contributed by atoms with Crippen LogP contribution in [0.2, 0.25) is 0 Å². The first kappa shape index (κ1) is 17.6. The maximum atomic E-state index is 14.3. The summed E-state index contributed by atoms with van der Waals surface area (Å²) in [5.74, 6) is -2.72. The van der Waals surface area contributed by atoms with E-state index in [-0.39, 0.29) is 29.2 Å². The van der Waals surface area contributed by atoms with Crippen LogP contribution in [0, 0.1) is 18.6 Å². The molecule has 5 heteroatoms. The van der Waals surface area contributed by atoms with Crippen molar-refractivity contribution in [2.45, 2.75) is 13.5 Å². The molecular formula is C21H16F2O3. The van der Waals surface area contributed by atoms with E-state index < -0.39 is 17.6 Å². The van der Waals surface area contributed by atoms with Crippen molar-refractivity contribution in [2.24, 2.45) is 0 Å². The van der Waals surface area contributed by atoms with Gasteiger partial charge in [-0.05, 0) is 24.6 Å². The fourth-order valence-electron chi connectivity index (χ4n) is 2.46. The number of rotatable bonds is 5. The zero-order valence-electron chi connectivity index (χ0n) is 14.0. The average molecular weight is 354 g/mol. The highest BCUT2D eigenvalue weighted by atomic mass is 19.1. The quantitative estimate of drug-likeness (QED) is 0.474. The molecule has 0 N–H and O–H groups in total. The lowest BCUT2D eigenvalue weighted by atomic mass is 10.1. The lowest BCUT2D eigenvalue weighted by Crippen LogP contribution is -2.15. The second kappa shape index (κ2) is 7.78. The molecule has 0 amide bonds. The van der Waals surface area contributed by atoms with E-state index in [0.717, 1.165) is 5.56 Å². The molecule has 0 aromatic heterocycles. The molecule has 0 fully saturated rings. The van der Waals surface area contributed by atoms with Crippen LogP contribution >= 0.6 is 0 Å². The zero-order chi connectivity index (χ0) is 18.5. The van der Waals surface area contributed by atoms with Crippen LogP contribution in [-0.2, 0) is 6.61 Å². The zero-order valence-corrected chi connectivity index (χ0v) is 14.0. The summed E-state index contributed by atoms with van der Waals surface area (Å²) in [5.41, 5.74) is 0.494. The van der Waals surface area contributed by atoms with E-state index >= 15 is 0 Å². The van der Waals surface area contributed by atoms with Crippen LogP contribution in [-0.4, -0.2) is 5.97 Å². The monoisotopic (exact) mass is 354 g/mol. The molecule has 0 spiro atoms. The van der Waals surface area contributed by atoms with Gasteiger partial charge in [0, 0.05) is 11.6 Å². The first-order chi connectivity index (χ1) is 12.6. The van der Waals surface area contributed by atoms with Gasteiger partial charge in [0.1, 0.15) is 23.7 Å².